The fourth-order valence-electron chi connectivity index (χ4n) is 3.72. The predicted molar refractivity (Wildman–Crippen MR) is 117 cm³/mol. The molecule has 0 aliphatic heterocycles. The number of tetrazole rings is 1. The third-order valence-electron chi connectivity index (χ3n) is 5.20. The van der Waals surface area contributed by atoms with Crippen LogP contribution in [0.15, 0.2) is 78.9 Å². The van der Waals surface area contributed by atoms with Crippen LogP contribution < -0.4 is 4.74 Å². The number of hydrogen-bond acceptors (Lipinski definition) is 5. The van der Waals surface area contributed by atoms with Crippen molar-refractivity contribution >= 4 is 0 Å². The molecular weight excluding hydrogens is 374 g/mol. The molecule has 0 radical (unpaired) electrons. The van der Waals surface area contributed by atoms with Gasteiger partial charge in [0.05, 0.1) is 18.8 Å². The van der Waals surface area contributed by atoms with E-state index in [1.54, 1.807) is 7.11 Å². The van der Waals surface area contributed by atoms with Crippen molar-refractivity contribution in [1.82, 2.24) is 25.1 Å². The summed E-state index contributed by atoms with van der Waals surface area (Å²) in [6.07, 6.45) is 0. The number of para-hydroxylation sites is 1. The van der Waals surface area contributed by atoms with Crippen LogP contribution in [0.1, 0.15) is 28.6 Å². The molecule has 0 saturated heterocycles. The SMILES string of the molecule is COc1cccc(CN(C)[C@H](c2ccccc2)c2nnnn2-c2ccccc2C)c1. The van der Waals surface area contributed by atoms with Gasteiger partial charge in [0.25, 0.3) is 0 Å². The van der Waals surface area contributed by atoms with Crippen LogP contribution in [0.25, 0.3) is 5.69 Å². The van der Waals surface area contributed by atoms with E-state index in [1.807, 2.05) is 53.2 Å². The van der Waals surface area contributed by atoms with E-state index in [0.717, 1.165) is 40.5 Å². The van der Waals surface area contributed by atoms with Crippen molar-refractivity contribution in [2.45, 2.75) is 19.5 Å². The van der Waals surface area contributed by atoms with Gasteiger partial charge in [0.1, 0.15) is 5.75 Å². The first-order valence-corrected chi connectivity index (χ1v) is 9.90. The van der Waals surface area contributed by atoms with Crippen molar-refractivity contribution < 1.29 is 4.74 Å². The van der Waals surface area contributed by atoms with Crippen molar-refractivity contribution in [2.75, 3.05) is 14.2 Å². The van der Waals surface area contributed by atoms with Crippen LogP contribution in [-0.4, -0.2) is 39.3 Å². The summed E-state index contributed by atoms with van der Waals surface area (Å²) < 4.78 is 7.23. The maximum absolute atomic E-state index is 5.39. The van der Waals surface area contributed by atoms with Gasteiger partial charge in [-0.25, -0.2) is 0 Å². The highest BCUT2D eigenvalue weighted by Gasteiger charge is 2.26. The van der Waals surface area contributed by atoms with Crippen molar-refractivity contribution in [3.05, 3.63) is 101 Å². The van der Waals surface area contributed by atoms with E-state index in [-0.39, 0.29) is 6.04 Å². The Hall–Kier alpha value is -3.51. The number of aromatic nitrogens is 4. The molecule has 1 aromatic heterocycles. The van der Waals surface area contributed by atoms with Gasteiger partial charge in [0.2, 0.25) is 0 Å². The maximum atomic E-state index is 5.39. The number of aryl methyl sites for hydroxylation is 1. The fraction of sp³-hybridized carbons (Fsp3) is 0.208. The Morgan fingerprint density at radius 3 is 2.50 bits per heavy atom. The van der Waals surface area contributed by atoms with Gasteiger partial charge in [-0.3, -0.25) is 4.90 Å². The van der Waals surface area contributed by atoms with E-state index < -0.39 is 0 Å². The molecule has 1 atom stereocenters. The molecule has 3 aromatic carbocycles. The zero-order valence-electron chi connectivity index (χ0n) is 17.4. The van der Waals surface area contributed by atoms with Crippen molar-refractivity contribution in [2.24, 2.45) is 0 Å². The second kappa shape index (κ2) is 8.88. The van der Waals surface area contributed by atoms with Crippen LogP contribution in [0.5, 0.6) is 5.75 Å². The van der Waals surface area contributed by atoms with Crippen LogP contribution in [0.2, 0.25) is 0 Å². The summed E-state index contributed by atoms with van der Waals surface area (Å²) in [7, 11) is 3.78. The van der Waals surface area contributed by atoms with Gasteiger partial charge in [-0.2, -0.15) is 4.68 Å². The van der Waals surface area contributed by atoms with Crippen LogP contribution >= 0.6 is 0 Å². The molecule has 30 heavy (non-hydrogen) atoms. The van der Waals surface area contributed by atoms with Crippen molar-refractivity contribution in [3.63, 3.8) is 0 Å². The first-order chi connectivity index (χ1) is 14.7. The number of rotatable bonds is 7. The molecule has 0 fully saturated rings. The van der Waals surface area contributed by atoms with Crippen LogP contribution in [-0.2, 0) is 6.54 Å². The Morgan fingerprint density at radius 2 is 1.73 bits per heavy atom. The molecule has 1 heterocycles. The zero-order valence-corrected chi connectivity index (χ0v) is 17.4. The monoisotopic (exact) mass is 399 g/mol. The van der Waals surface area contributed by atoms with Gasteiger partial charge in [-0.1, -0.05) is 60.7 Å². The van der Waals surface area contributed by atoms with E-state index in [2.05, 4.69) is 64.7 Å². The third kappa shape index (κ3) is 4.09. The highest BCUT2D eigenvalue weighted by Crippen LogP contribution is 2.29. The summed E-state index contributed by atoms with van der Waals surface area (Å²) >= 11 is 0. The van der Waals surface area contributed by atoms with Gasteiger partial charge in [-0.05, 0) is 59.3 Å². The molecule has 6 heteroatoms. The lowest BCUT2D eigenvalue weighted by atomic mass is 10.0. The molecule has 0 aliphatic carbocycles. The Labute approximate surface area is 176 Å². The van der Waals surface area contributed by atoms with Crippen LogP contribution in [0.4, 0.5) is 0 Å². The minimum absolute atomic E-state index is 0.119. The van der Waals surface area contributed by atoms with Gasteiger partial charge in [0, 0.05) is 6.54 Å². The van der Waals surface area contributed by atoms with E-state index in [0.29, 0.717) is 0 Å². The molecule has 0 N–H and O–H groups in total. The van der Waals surface area contributed by atoms with E-state index in [9.17, 15) is 0 Å². The summed E-state index contributed by atoms with van der Waals surface area (Å²) in [5.74, 6) is 1.63. The summed E-state index contributed by atoms with van der Waals surface area (Å²) in [4.78, 5) is 2.25. The number of benzene rings is 3. The smallest absolute Gasteiger partial charge is 0.178 e. The lowest BCUT2D eigenvalue weighted by Crippen LogP contribution is -2.28. The molecule has 4 rings (SSSR count). The highest BCUT2D eigenvalue weighted by molar-refractivity contribution is 5.41. The largest absolute Gasteiger partial charge is 0.497 e. The summed E-state index contributed by atoms with van der Waals surface area (Å²) in [5, 5.41) is 12.8. The molecule has 0 aliphatic rings. The quantitative estimate of drug-likeness (QED) is 0.466. The third-order valence-corrected chi connectivity index (χ3v) is 5.20. The fourth-order valence-corrected chi connectivity index (χ4v) is 3.72. The number of ether oxygens (including phenoxy) is 1. The molecule has 0 spiro atoms. The molecular formula is C24H25N5O. The van der Waals surface area contributed by atoms with E-state index >= 15 is 0 Å². The average molecular weight is 399 g/mol. The van der Waals surface area contributed by atoms with Crippen molar-refractivity contribution in [1.29, 1.82) is 0 Å². The van der Waals surface area contributed by atoms with Gasteiger partial charge < -0.3 is 4.74 Å². The normalized spacial score (nSPS) is 12.1. The van der Waals surface area contributed by atoms with Crippen LogP contribution in [0, 0.1) is 6.92 Å². The number of hydrogen-bond donors (Lipinski definition) is 0. The Balaban J connectivity index is 1.75. The van der Waals surface area contributed by atoms with E-state index in [1.165, 1.54) is 0 Å². The Kier molecular flexibility index (Phi) is 5.86. The summed E-state index contributed by atoms with van der Waals surface area (Å²) in [6, 6.07) is 26.5. The minimum Gasteiger partial charge on any atom is -0.497 e. The number of nitrogens with zero attached hydrogens (tertiary/aromatic N) is 5. The molecule has 4 aromatic rings. The maximum Gasteiger partial charge on any atom is 0.178 e. The van der Waals surface area contributed by atoms with Gasteiger partial charge in [0.15, 0.2) is 5.82 Å². The summed E-state index contributed by atoms with van der Waals surface area (Å²) in [5.41, 5.74) is 4.39. The summed E-state index contributed by atoms with van der Waals surface area (Å²) in [6.45, 7) is 2.79. The Morgan fingerprint density at radius 1 is 0.967 bits per heavy atom. The molecule has 0 amide bonds. The van der Waals surface area contributed by atoms with Gasteiger partial charge in [-0.15, -0.1) is 5.10 Å². The average Bonchev–Trinajstić information content (AvgIpc) is 3.24. The topological polar surface area (TPSA) is 56.1 Å². The lowest BCUT2D eigenvalue weighted by molar-refractivity contribution is 0.258. The second-order valence-corrected chi connectivity index (χ2v) is 7.32. The van der Waals surface area contributed by atoms with Gasteiger partial charge >= 0.3 is 0 Å². The second-order valence-electron chi connectivity index (χ2n) is 7.32. The molecule has 152 valence electrons. The predicted octanol–water partition coefficient (Wildman–Crippen LogP) is 4.20. The number of methoxy groups -OCH3 is 1. The molecule has 6 nitrogen and oxygen atoms in total. The minimum atomic E-state index is -0.119. The van der Waals surface area contributed by atoms with Crippen LogP contribution in [0.3, 0.4) is 0 Å². The van der Waals surface area contributed by atoms with Crippen molar-refractivity contribution in [3.8, 4) is 11.4 Å². The molecule has 0 saturated carbocycles. The molecule has 0 bridgehead atoms. The zero-order chi connectivity index (χ0) is 20.9. The Bertz CT molecular complexity index is 1110. The first kappa shape index (κ1) is 19.8. The molecule has 0 unspecified atom stereocenters. The highest BCUT2D eigenvalue weighted by atomic mass is 16.5. The first-order valence-electron chi connectivity index (χ1n) is 9.90. The lowest BCUT2D eigenvalue weighted by Gasteiger charge is -2.28. The standard InChI is InChI=1S/C24H25N5O/c1-18-10-7-8-15-22(18)29-24(25-26-27-29)23(20-12-5-4-6-13-20)28(2)17-19-11-9-14-21(16-19)30-3/h4-16,23H,17H2,1-3H3/t23-/m1/s1. The van der Waals surface area contributed by atoms with E-state index in [4.69, 9.17) is 4.74 Å².